The normalized spacial score (nSPS) is 11.0. The zero-order valence-corrected chi connectivity index (χ0v) is 20.6. The fraction of sp³-hybridized carbons (Fsp3) is 0.0476. The SMILES string of the molecule is O=C(N/N=C\c1cc(Br)c(OCc2ccc(Cl)c(Cl)c2)c(Br)c1)c1ccc(Cl)cc1. The van der Waals surface area contributed by atoms with Gasteiger partial charge in [-0.25, -0.2) is 5.43 Å². The molecule has 0 fully saturated rings. The van der Waals surface area contributed by atoms with Crippen LogP contribution >= 0.6 is 66.7 Å². The third kappa shape index (κ3) is 6.22. The third-order valence-corrected chi connectivity index (χ3v) is 6.04. The molecule has 30 heavy (non-hydrogen) atoms. The number of hydrazone groups is 1. The second kappa shape index (κ2) is 10.6. The number of carbonyl (C=O) groups excluding carboxylic acids is 1. The van der Waals surface area contributed by atoms with Crippen LogP contribution in [0.4, 0.5) is 0 Å². The Labute approximate surface area is 205 Å². The lowest BCUT2D eigenvalue weighted by atomic mass is 10.2. The van der Waals surface area contributed by atoms with Crippen LogP contribution in [0.2, 0.25) is 15.1 Å². The molecule has 0 spiro atoms. The van der Waals surface area contributed by atoms with Gasteiger partial charge in [0.2, 0.25) is 0 Å². The molecule has 0 heterocycles. The Morgan fingerprint density at radius 2 is 1.63 bits per heavy atom. The number of nitrogens with one attached hydrogen (secondary N) is 1. The largest absolute Gasteiger partial charge is 0.487 e. The smallest absolute Gasteiger partial charge is 0.271 e. The third-order valence-electron chi connectivity index (χ3n) is 3.87. The first-order chi connectivity index (χ1) is 14.3. The molecule has 1 amide bonds. The average molecular weight is 592 g/mol. The Balaban J connectivity index is 1.64. The molecule has 0 unspecified atom stereocenters. The van der Waals surface area contributed by atoms with Gasteiger partial charge in [-0.15, -0.1) is 0 Å². The minimum Gasteiger partial charge on any atom is -0.487 e. The summed E-state index contributed by atoms with van der Waals surface area (Å²) in [5.41, 5.74) is 4.59. The summed E-state index contributed by atoms with van der Waals surface area (Å²) in [4.78, 5) is 12.1. The maximum atomic E-state index is 12.1. The van der Waals surface area contributed by atoms with E-state index in [1.807, 2.05) is 18.2 Å². The number of carbonyl (C=O) groups is 1. The molecule has 1 N–H and O–H groups in total. The van der Waals surface area contributed by atoms with Gasteiger partial charge in [0.1, 0.15) is 12.4 Å². The van der Waals surface area contributed by atoms with Crippen molar-refractivity contribution in [1.29, 1.82) is 0 Å². The van der Waals surface area contributed by atoms with E-state index >= 15 is 0 Å². The number of nitrogens with zero attached hydrogens (tertiary/aromatic N) is 1. The molecule has 4 nitrogen and oxygen atoms in total. The molecule has 0 atom stereocenters. The molecule has 0 aromatic heterocycles. The molecule has 0 radical (unpaired) electrons. The highest BCUT2D eigenvalue weighted by Crippen LogP contribution is 2.35. The van der Waals surface area contributed by atoms with E-state index in [9.17, 15) is 4.79 Å². The lowest BCUT2D eigenvalue weighted by Gasteiger charge is -2.12. The van der Waals surface area contributed by atoms with Crippen LogP contribution in [0.25, 0.3) is 0 Å². The van der Waals surface area contributed by atoms with Crippen molar-refractivity contribution >= 4 is 78.8 Å². The minimum atomic E-state index is -0.331. The van der Waals surface area contributed by atoms with Gasteiger partial charge in [-0.2, -0.15) is 5.10 Å². The van der Waals surface area contributed by atoms with E-state index in [1.54, 1.807) is 36.4 Å². The Morgan fingerprint density at radius 3 is 2.27 bits per heavy atom. The van der Waals surface area contributed by atoms with Gasteiger partial charge in [0.15, 0.2) is 0 Å². The molecule has 0 aliphatic rings. The second-order valence-corrected chi connectivity index (χ2v) is 9.02. The molecular formula is C21H13Br2Cl3N2O2. The van der Waals surface area contributed by atoms with Gasteiger partial charge in [0, 0.05) is 10.6 Å². The van der Waals surface area contributed by atoms with Crippen molar-refractivity contribution in [2.24, 2.45) is 5.10 Å². The van der Waals surface area contributed by atoms with Gasteiger partial charge >= 0.3 is 0 Å². The summed E-state index contributed by atoms with van der Waals surface area (Å²) in [7, 11) is 0. The minimum absolute atomic E-state index is 0.318. The van der Waals surface area contributed by atoms with Crippen LogP contribution < -0.4 is 10.2 Å². The summed E-state index contributed by atoms with van der Waals surface area (Å²) in [6.45, 7) is 0.318. The Hall–Kier alpha value is -1.57. The van der Waals surface area contributed by atoms with E-state index in [-0.39, 0.29) is 5.91 Å². The van der Waals surface area contributed by atoms with Gasteiger partial charge in [-0.05, 0) is 91.5 Å². The summed E-state index contributed by atoms with van der Waals surface area (Å²) >= 11 is 24.8. The van der Waals surface area contributed by atoms with Crippen molar-refractivity contribution < 1.29 is 9.53 Å². The highest BCUT2D eigenvalue weighted by Gasteiger charge is 2.10. The molecule has 0 bridgehead atoms. The van der Waals surface area contributed by atoms with E-state index in [0.29, 0.717) is 33.0 Å². The molecule has 0 aliphatic carbocycles. The van der Waals surface area contributed by atoms with Crippen LogP contribution in [-0.4, -0.2) is 12.1 Å². The summed E-state index contributed by atoms with van der Waals surface area (Å²) < 4.78 is 7.34. The predicted octanol–water partition coefficient (Wildman–Crippen LogP) is 7.51. The maximum absolute atomic E-state index is 12.1. The number of amides is 1. The van der Waals surface area contributed by atoms with E-state index in [4.69, 9.17) is 39.5 Å². The van der Waals surface area contributed by atoms with Gasteiger partial charge in [0.05, 0.1) is 25.2 Å². The van der Waals surface area contributed by atoms with Crippen LogP contribution in [0.15, 0.2) is 68.6 Å². The molecular weight excluding hydrogens is 578 g/mol. The molecule has 0 saturated carbocycles. The molecule has 3 aromatic carbocycles. The summed E-state index contributed by atoms with van der Waals surface area (Å²) in [6, 6.07) is 15.5. The fourth-order valence-electron chi connectivity index (χ4n) is 2.41. The van der Waals surface area contributed by atoms with Crippen molar-refractivity contribution in [3.63, 3.8) is 0 Å². The number of benzene rings is 3. The van der Waals surface area contributed by atoms with Crippen LogP contribution in [0.3, 0.4) is 0 Å². The van der Waals surface area contributed by atoms with E-state index < -0.39 is 0 Å². The lowest BCUT2D eigenvalue weighted by Crippen LogP contribution is -2.17. The van der Waals surface area contributed by atoms with Crippen LogP contribution in [0.1, 0.15) is 21.5 Å². The fourth-order valence-corrected chi connectivity index (χ4v) is 4.31. The first kappa shape index (κ1) is 23.1. The number of hydrogen-bond acceptors (Lipinski definition) is 3. The number of halogens is 5. The van der Waals surface area contributed by atoms with Crippen molar-refractivity contribution in [3.05, 3.63) is 95.3 Å². The quantitative estimate of drug-likeness (QED) is 0.238. The number of ether oxygens (including phenoxy) is 1. The number of rotatable bonds is 6. The van der Waals surface area contributed by atoms with Crippen LogP contribution in [0.5, 0.6) is 5.75 Å². The van der Waals surface area contributed by atoms with Gasteiger partial charge < -0.3 is 4.74 Å². The Bertz CT molecular complexity index is 1080. The zero-order chi connectivity index (χ0) is 21.7. The first-order valence-corrected chi connectivity index (χ1v) is 11.2. The second-order valence-electron chi connectivity index (χ2n) is 6.06. The predicted molar refractivity (Wildman–Crippen MR) is 129 cm³/mol. The number of hydrogen-bond donors (Lipinski definition) is 1. The molecule has 3 rings (SSSR count). The lowest BCUT2D eigenvalue weighted by molar-refractivity contribution is 0.0955. The molecule has 3 aromatic rings. The summed E-state index contributed by atoms with van der Waals surface area (Å²) in [5.74, 6) is 0.297. The highest BCUT2D eigenvalue weighted by atomic mass is 79.9. The van der Waals surface area contributed by atoms with Crippen molar-refractivity contribution in [2.75, 3.05) is 0 Å². The average Bonchev–Trinajstić information content (AvgIpc) is 2.70. The standard InChI is InChI=1S/C21H13Br2Cl3N2O2/c22-16-7-13(10-27-28-21(29)14-2-4-15(24)5-3-14)8-17(23)20(16)30-11-12-1-6-18(25)19(26)9-12/h1-10H,11H2,(H,28,29)/b27-10-. The van der Waals surface area contributed by atoms with Crippen molar-refractivity contribution in [2.45, 2.75) is 6.61 Å². The Morgan fingerprint density at radius 1 is 0.967 bits per heavy atom. The summed E-state index contributed by atoms with van der Waals surface area (Å²) in [5, 5.41) is 5.53. The van der Waals surface area contributed by atoms with E-state index in [1.165, 1.54) is 6.21 Å². The van der Waals surface area contributed by atoms with Crippen LogP contribution in [0, 0.1) is 0 Å². The Kier molecular flexibility index (Phi) is 8.20. The zero-order valence-electron chi connectivity index (χ0n) is 15.1. The van der Waals surface area contributed by atoms with Gasteiger partial charge in [0.25, 0.3) is 5.91 Å². The van der Waals surface area contributed by atoms with E-state index in [2.05, 4.69) is 42.4 Å². The van der Waals surface area contributed by atoms with Crippen molar-refractivity contribution in [1.82, 2.24) is 5.43 Å². The molecule has 154 valence electrons. The molecule has 9 heteroatoms. The van der Waals surface area contributed by atoms with Crippen molar-refractivity contribution in [3.8, 4) is 5.75 Å². The van der Waals surface area contributed by atoms with E-state index in [0.717, 1.165) is 20.1 Å². The molecule has 0 aliphatic heterocycles. The van der Waals surface area contributed by atoms with Crippen LogP contribution in [-0.2, 0) is 6.61 Å². The van der Waals surface area contributed by atoms with Gasteiger partial charge in [-0.1, -0.05) is 40.9 Å². The first-order valence-electron chi connectivity index (χ1n) is 8.48. The maximum Gasteiger partial charge on any atom is 0.271 e. The molecule has 0 saturated heterocycles. The summed E-state index contributed by atoms with van der Waals surface area (Å²) in [6.07, 6.45) is 1.53. The topological polar surface area (TPSA) is 50.7 Å². The van der Waals surface area contributed by atoms with Gasteiger partial charge in [-0.3, -0.25) is 4.79 Å². The monoisotopic (exact) mass is 588 g/mol. The highest BCUT2D eigenvalue weighted by molar-refractivity contribution is 9.11.